The molecule has 0 unspecified atom stereocenters. The predicted octanol–water partition coefficient (Wildman–Crippen LogP) is 5.41. The van der Waals surface area contributed by atoms with Crippen LogP contribution in [0.3, 0.4) is 0 Å². The Morgan fingerprint density at radius 3 is 2.14 bits per heavy atom. The average molecular weight is 588 g/mol. The highest BCUT2D eigenvalue weighted by molar-refractivity contribution is 7.92. The summed E-state index contributed by atoms with van der Waals surface area (Å²) in [6.07, 6.45) is 1.45. The normalized spacial score (nSPS) is 11.2. The van der Waals surface area contributed by atoms with Gasteiger partial charge in [0.1, 0.15) is 18.9 Å². The first kappa shape index (κ1) is 30.1. The SMILES string of the molecule is CCOc1ccc(N(CC(=O)N/N=C\c2ccc(OCc3ccccc3)c(OCC)c2)S(=O)(=O)c2ccccc2)cc1. The van der Waals surface area contributed by atoms with Crippen LogP contribution in [0.1, 0.15) is 25.0 Å². The number of hydrazone groups is 1. The molecule has 1 N–H and O–H groups in total. The van der Waals surface area contributed by atoms with Crippen molar-refractivity contribution < 1.29 is 27.4 Å². The van der Waals surface area contributed by atoms with Crippen molar-refractivity contribution >= 4 is 27.8 Å². The lowest BCUT2D eigenvalue weighted by atomic mass is 10.2. The molecule has 0 saturated carbocycles. The summed E-state index contributed by atoms with van der Waals surface area (Å²) in [4.78, 5) is 13.0. The molecule has 0 heterocycles. The van der Waals surface area contributed by atoms with Gasteiger partial charge >= 0.3 is 0 Å². The number of rotatable bonds is 14. The molecule has 218 valence electrons. The van der Waals surface area contributed by atoms with Gasteiger partial charge in [-0.25, -0.2) is 13.8 Å². The van der Waals surface area contributed by atoms with Crippen LogP contribution in [0.4, 0.5) is 5.69 Å². The van der Waals surface area contributed by atoms with Gasteiger partial charge in [0.25, 0.3) is 15.9 Å². The number of hydrogen-bond acceptors (Lipinski definition) is 7. The van der Waals surface area contributed by atoms with E-state index < -0.39 is 22.5 Å². The van der Waals surface area contributed by atoms with Crippen LogP contribution in [-0.2, 0) is 21.4 Å². The summed E-state index contributed by atoms with van der Waals surface area (Å²) in [5.41, 5.74) is 4.43. The summed E-state index contributed by atoms with van der Waals surface area (Å²) in [6.45, 7) is 4.55. The molecule has 9 nitrogen and oxygen atoms in total. The maximum atomic E-state index is 13.5. The van der Waals surface area contributed by atoms with Crippen LogP contribution in [0.15, 0.2) is 113 Å². The van der Waals surface area contributed by atoms with Crippen molar-refractivity contribution in [3.63, 3.8) is 0 Å². The van der Waals surface area contributed by atoms with Gasteiger partial charge in [-0.1, -0.05) is 48.5 Å². The second-order valence-electron chi connectivity index (χ2n) is 8.96. The molecule has 0 aliphatic rings. The quantitative estimate of drug-likeness (QED) is 0.156. The van der Waals surface area contributed by atoms with Crippen molar-refractivity contribution in [3.05, 3.63) is 114 Å². The van der Waals surface area contributed by atoms with Crippen LogP contribution in [0.25, 0.3) is 0 Å². The highest BCUT2D eigenvalue weighted by Crippen LogP contribution is 2.29. The van der Waals surface area contributed by atoms with Crippen LogP contribution in [0.5, 0.6) is 17.2 Å². The molecule has 0 radical (unpaired) electrons. The molecule has 0 spiro atoms. The van der Waals surface area contributed by atoms with Crippen molar-refractivity contribution in [2.75, 3.05) is 24.1 Å². The van der Waals surface area contributed by atoms with Crippen LogP contribution < -0.4 is 23.9 Å². The third-order valence-corrected chi connectivity index (χ3v) is 7.75. The Kier molecular flexibility index (Phi) is 10.5. The van der Waals surface area contributed by atoms with Crippen LogP contribution in [-0.4, -0.2) is 40.3 Å². The van der Waals surface area contributed by atoms with E-state index in [1.807, 2.05) is 44.2 Å². The predicted molar refractivity (Wildman–Crippen MR) is 163 cm³/mol. The van der Waals surface area contributed by atoms with Gasteiger partial charge in [0, 0.05) is 0 Å². The van der Waals surface area contributed by atoms with Gasteiger partial charge in [0.15, 0.2) is 11.5 Å². The number of sulfonamides is 1. The van der Waals surface area contributed by atoms with E-state index in [1.165, 1.54) is 18.3 Å². The molecule has 42 heavy (non-hydrogen) atoms. The second-order valence-corrected chi connectivity index (χ2v) is 10.8. The number of nitrogens with zero attached hydrogens (tertiary/aromatic N) is 2. The topological polar surface area (TPSA) is 107 Å². The maximum absolute atomic E-state index is 13.5. The molecule has 4 rings (SSSR count). The molecule has 0 aliphatic carbocycles. The van der Waals surface area contributed by atoms with E-state index >= 15 is 0 Å². The van der Waals surface area contributed by atoms with Gasteiger partial charge in [-0.3, -0.25) is 9.10 Å². The van der Waals surface area contributed by atoms with E-state index in [2.05, 4.69) is 10.5 Å². The second kappa shape index (κ2) is 14.7. The molecule has 0 bridgehead atoms. The Labute approximate surface area is 246 Å². The van der Waals surface area contributed by atoms with E-state index in [-0.39, 0.29) is 4.90 Å². The van der Waals surface area contributed by atoms with Gasteiger partial charge in [-0.05, 0) is 79.6 Å². The van der Waals surface area contributed by atoms with Crippen molar-refractivity contribution in [1.29, 1.82) is 0 Å². The van der Waals surface area contributed by atoms with Gasteiger partial charge < -0.3 is 14.2 Å². The van der Waals surface area contributed by atoms with Crippen molar-refractivity contribution in [2.24, 2.45) is 5.10 Å². The van der Waals surface area contributed by atoms with E-state index in [1.54, 1.807) is 60.7 Å². The number of carbonyl (C=O) groups excluding carboxylic acids is 1. The minimum Gasteiger partial charge on any atom is -0.494 e. The molecule has 0 aromatic heterocycles. The van der Waals surface area contributed by atoms with Gasteiger partial charge in [-0.2, -0.15) is 5.10 Å². The summed E-state index contributed by atoms with van der Waals surface area (Å²) in [7, 11) is -4.04. The Hall–Kier alpha value is -4.83. The molecular formula is C32H33N3O6S. The smallest absolute Gasteiger partial charge is 0.264 e. The lowest BCUT2D eigenvalue weighted by molar-refractivity contribution is -0.119. The molecule has 4 aromatic rings. The fourth-order valence-corrected chi connectivity index (χ4v) is 5.42. The Morgan fingerprint density at radius 1 is 0.810 bits per heavy atom. The fraction of sp³-hybridized carbons (Fsp3) is 0.188. The lowest BCUT2D eigenvalue weighted by Crippen LogP contribution is -2.39. The molecular weight excluding hydrogens is 554 g/mol. The van der Waals surface area contributed by atoms with Crippen molar-refractivity contribution in [2.45, 2.75) is 25.3 Å². The van der Waals surface area contributed by atoms with Gasteiger partial charge in [0.2, 0.25) is 0 Å². The molecule has 10 heteroatoms. The minimum absolute atomic E-state index is 0.0632. The number of hydrogen-bond donors (Lipinski definition) is 1. The third-order valence-electron chi connectivity index (χ3n) is 5.96. The number of amides is 1. The first-order chi connectivity index (χ1) is 20.4. The molecule has 4 aromatic carbocycles. The van der Waals surface area contributed by atoms with E-state index in [0.29, 0.717) is 48.3 Å². The highest BCUT2D eigenvalue weighted by atomic mass is 32.2. The monoisotopic (exact) mass is 587 g/mol. The first-order valence-electron chi connectivity index (χ1n) is 13.5. The summed E-state index contributed by atoms with van der Waals surface area (Å²) < 4.78 is 45.2. The number of anilines is 1. The zero-order valence-corrected chi connectivity index (χ0v) is 24.3. The number of carbonyl (C=O) groups is 1. The number of benzene rings is 4. The largest absolute Gasteiger partial charge is 0.494 e. The molecule has 0 saturated heterocycles. The summed E-state index contributed by atoms with van der Waals surface area (Å²) in [5, 5.41) is 4.04. The summed E-state index contributed by atoms with van der Waals surface area (Å²) in [5.74, 6) is 1.10. The van der Waals surface area contributed by atoms with Crippen LogP contribution in [0, 0.1) is 0 Å². The van der Waals surface area contributed by atoms with Crippen LogP contribution in [0.2, 0.25) is 0 Å². The van der Waals surface area contributed by atoms with E-state index in [4.69, 9.17) is 14.2 Å². The Balaban J connectivity index is 1.47. The average Bonchev–Trinajstić information content (AvgIpc) is 3.01. The molecule has 1 amide bonds. The van der Waals surface area contributed by atoms with Gasteiger partial charge in [-0.15, -0.1) is 0 Å². The van der Waals surface area contributed by atoms with E-state index in [0.717, 1.165) is 9.87 Å². The molecule has 0 aliphatic heterocycles. The van der Waals surface area contributed by atoms with Crippen molar-refractivity contribution in [3.8, 4) is 17.2 Å². The molecule has 0 atom stereocenters. The standard InChI is InChI=1S/C32H33N3O6S/c1-3-39-28-18-16-27(17-19-28)35(42(37,38)29-13-9-6-10-14-29)23-32(36)34-33-22-26-15-20-30(31(21-26)40-4-2)41-24-25-11-7-5-8-12-25/h5-22H,3-4,23-24H2,1-2H3,(H,34,36)/b33-22-. The van der Waals surface area contributed by atoms with Gasteiger partial charge in [0.05, 0.1) is 30.0 Å². The summed E-state index contributed by atoms with van der Waals surface area (Å²) in [6, 6.07) is 29.6. The maximum Gasteiger partial charge on any atom is 0.264 e. The van der Waals surface area contributed by atoms with Crippen LogP contribution >= 0.6 is 0 Å². The summed E-state index contributed by atoms with van der Waals surface area (Å²) >= 11 is 0. The Bertz CT molecular complexity index is 1580. The zero-order chi connectivity index (χ0) is 29.8. The molecule has 0 fully saturated rings. The Morgan fingerprint density at radius 2 is 1.48 bits per heavy atom. The minimum atomic E-state index is -4.04. The number of ether oxygens (including phenoxy) is 3. The zero-order valence-electron chi connectivity index (χ0n) is 23.5. The first-order valence-corrected chi connectivity index (χ1v) is 14.9. The van der Waals surface area contributed by atoms with E-state index in [9.17, 15) is 13.2 Å². The number of nitrogens with one attached hydrogen (secondary N) is 1. The fourth-order valence-electron chi connectivity index (χ4n) is 3.98. The lowest BCUT2D eigenvalue weighted by Gasteiger charge is -2.24. The van der Waals surface area contributed by atoms with Crippen molar-refractivity contribution in [1.82, 2.24) is 5.43 Å². The highest BCUT2D eigenvalue weighted by Gasteiger charge is 2.27. The third kappa shape index (κ3) is 8.11.